The predicted octanol–water partition coefficient (Wildman–Crippen LogP) is 1.26. The second kappa shape index (κ2) is 4.18. The summed E-state index contributed by atoms with van der Waals surface area (Å²) in [6, 6.07) is 6.16. The smallest absolute Gasteiger partial charge is 0.230 e. The number of halogens is 1. The minimum atomic E-state index is -0.257. The molecule has 0 bridgehead atoms. The molecule has 2 rings (SSSR count). The summed E-state index contributed by atoms with van der Waals surface area (Å²) in [4.78, 5) is 0. The van der Waals surface area contributed by atoms with Gasteiger partial charge in [-0.25, -0.2) is 4.39 Å². The highest BCUT2D eigenvalue weighted by Crippen LogP contribution is 2.09. The van der Waals surface area contributed by atoms with Crippen LogP contribution >= 0.6 is 0 Å². The molecule has 0 atom stereocenters. The number of hydrogen-bond donors (Lipinski definition) is 1. The number of rotatable bonds is 3. The van der Waals surface area contributed by atoms with E-state index in [4.69, 9.17) is 10.2 Å². The van der Waals surface area contributed by atoms with E-state index in [9.17, 15) is 4.39 Å². The van der Waals surface area contributed by atoms with Gasteiger partial charge < -0.3 is 10.2 Å². The lowest BCUT2D eigenvalue weighted by Crippen LogP contribution is -1.95. The first kappa shape index (κ1) is 9.79. The van der Waals surface area contributed by atoms with Crippen molar-refractivity contribution in [1.29, 1.82) is 0 Å². The van der Waals surface area contributed by atoms with Crippen LogP contribution in [0.5, 0.6) is 0 Å². The third-order valence-corrected chi connectivity index (χ3v) is 1.95. The van der Waals surface area contributed by atoms with Crippen LogP contribution in [0.3, 0.4) is 0 Å². The van der Waals surface area contributed by atoms with Gasteiger partial charge in [0, 0.05) is 0 Å². The van der Waals surface area contributed by atoms with Gasteiger partial charge in [0.2, 0.25) is 11.8 Å². The van der Waals surface area contributed by atoms with Crippen molar-refractivity contribution < 1.29 is 8.81 Å². The summed E-state index contributed by atoms with van der Waals surface area (Å²) >= 11 is 0. The number of nitrogens with two attached hydrogens (primary N) is 1. The second-order valence-corrected chi connectivity index (χ2v) is 3.10. The van der Waals surface area contributed by atoms with Gasteiger partial charge in [-0.15, -0.1) is 10.2 Å². The predicted molar refractivity (Wildman–Crippen MR) is 51.4 cm³/mol. The molecular formula is C10H10FN3O. The molecule has 78 valence electrons. The fourth-order valence-electron chi connectivity index (χ4n) is 1.22. The Labute approximate surface area is 85.9 Å². The Morgan fingerprint density at radius 3 is 2.40 bits per heavy atom. The molecule has 1 aromatic carbocycles. The maximum Gasteiger partial charge on any atom is 0.230 e. The van der Waals surface area contributed by atoms with E-state index in [1.807, 2.05) is 0 Å². The van der Waals surface area contributed by atoms with Crippen LogP contribution in [0.25, 0.3) is 0 Å². The monoisotopic (exact) mass is 207 g/mol. The Bertz CT molecular complexity index is 438. The molecule has 0 radical (unpaired) electrons. The summed E-state index contributed by atoms with van der Waals surface area (Å²) in [5.74, 6) is 0.640. The van der Waals surface area contributed by atoms with Crippen molar-refractivity contribution in [2.24, 2.45) is 5.73 Å². The Morgan fingerprint density at radius 2 is 1.80 bits per heavy atom. The van der Waals surface area contributed by atoms with Crippen LogP contribution in [0.1, 0.15) is 17.3 Å². The molecule has 4 nitrogen and oxygen atoms in total. The number of hydrogen-bond acceptors (Lipinski definition) is 4. The zero-order valence-electron chi connectivity index (χ0n) is 7.98. The molecule has 0 saturated heterocycles. The van der Waals surface area contributed by atoms with Crippen LogP contribution in [-0.2, 0) is 13.0 Å². The molecule has 0 spiro atoms. The zero-order valence-corrected chi connectivity index (χ0v) is 7.98. The number of benzene rings is 1. The Hall–Kier alpha value is -1.75. The van der Waals surface area contributed by atoms with Crippen LogP contribution in [0, 0.1) is 5.82 Å². The first-order valence-electron chi connectivity index (χ1n) is 4.53. The highest BCUT2D eigenvalue weighted by molar-refractivity contribution is 5.18. The van der Waals surface area contributed by atoms with Crippen molar-refractivity contribution >= 4 is 0 Å². The summed E-state index contributed by atoms with van der Waals surface area (Å²) < 4.78 is 17.8. The first-order valence-corrected chi connectivity index (χ1v) is 4.53. The van der Waals surface area contributed by atoms with E-state index < -0.39 is 0 Å². The van der Waals surface area contributed by atoms with Crippen LogP contribution in [0.15, 0.2) is 28.7 Å². The van der Waals surface area contributed by atoms with Gasteiger partial charge in [-0.2, -0.15) is 0 Å². The molecule has 5 heteroatoms. The van der Waals surface area contributed by atoms with Gasteiger partial charge >= 0.3 is 0 Å². The molecule has 15 heavy (non-hydrogen) atoms. The average Bonchev–Trinajstić information content (AvgIpc) is 2.69. The summed E-state index contributed by atoms with van der Waals surface area (Å²) in [7, 11) is 0. The summed E-state index contributed by atoms with van der Waals surface area (Å²) in [6.45, 7) is 0.233. The van der Waals surface area contributed by atoms with Crippen molar-refractivity contribution in [2.75, 3.05) is 0 Å². The first-order chi connectivity index (χ1) is 7.28. The molecule has 0 saturated carbocycles. The Kier molecular flexibility index (Phi) is 2.73. The van der Waals surface area contributed by atoms with Crippen LogP contribution in [0.2, 0.25) is 0 Å². The van der Waals surface area contributed by atoms with Gasteiger partial charge in [0.25, 0.3) is 0 Å². The standard InChI is InChI=1S/C10H10FN3O/c11-8-3-1-7(2-4-8)5-9-13-14-10(6-12)15-9/h1-4H,5-6,12H2. The molecule has 0 amide bonds. The van der Waals surface area contributed by atoms with Gasteiger partial charge in [0.1, 0.15) is 5.82 Å². The van der Waals surface area contributed by atoms with E-state index in [0.29, 0.717) is 18.2 Å². The zero-order chi connectivity index (χ0) is 10.7. The average molecular weight is 207 g/mol. The quantitative estimate of drug-likeness (QED) is 0.822. The second-order valence-electron chi connectivity index (χ2n) is 3.10. The van der Waals surface area contributed by atoms with E-state index in [1.165, 1.54) is 12.1 Å². The molecule has 0 fully saturated rings. The molecule has 1 aromatic heterocycles. The van der Waals surface area contributed by atoms with E-state index in [0.717, 1.165) is 5.56 Å². The maximum atomic E-state index is 12.6. The lowest BCUT2D eigenvalue weighted by Gasteiger charge is -1.95. The van der Waals surface area contributed by atoms with Crippen molar-refractivity contribution in [3.63, 3.8) is 0 Å². The van der Waals surface area contributed by atoms with Crippen LogP contribution in [-0.4, -0.2) is 10.2 Å². The largest absolute Gasteiger partial charge is 0.424 e. The van der Waals surface area contributed by atoms with Crippen molar-refractivity contribution in [2.45, 2.75) is 13.0 Å². The summed E-state index contributed by atoms with van der Waals surface area (Å²) in [5.41, 5.74) is 6.25. The summed E-state index contributed by atoms with van der Waals surface area (Å²) in [5, 5.41) is 7.55. The fraction of sp³-hybridized carbons (Fsp3) is 0.200. The van der Waals surface area contributed by atoms with E-state index in [2.05, 4.69) is 10.2 Å². The molecule has 0 unspecified atom stereocenters. The molecule has 1 heterocycles. The Morgan fingerprint density at radius 1 is 1.13 bits per heavy atom. The highest BCUT2D eigenvalue weighted by Gasteiger charge is 2.05. The molecule has 2 aromatic rings. The molecule has 0 aliphatic rings. The minimum Gasteiger partial charge on any atom is -0.424 e. The number of aromatic nitrogens is 2. The van der Waals surface area contributed by atoms with E-state index >= 15 is 0 Å². The van der Waals surface area contributed by atoms with Crippen LogP contribution < -0.4 is 5.73 Å². The fourth-order valence-corrected chi connectivity index (χ4v) is 1.22. The minimum absolute atomic E-state index is 0.233. The van der Waals surface area contributed by atoms with Gasteiger partial charge in [0.05, 0.1) is 13.0 Å². The van der Waals surface area contributed by atoms with Crippen molar-refractivity contribution in [3.8, 4) is 0 Å². The van der Waals surface area contributed by atoms with E-state index in [1.54, 1.807) is 12.1 Å². The van der Waals surface area contributed by atoms with Gasteiger partial charge in [-0.05, 0) is 17.7 Å². The van der Waals surface area contributed by atoms with Gasteiger partial charge in [-0.3, -0.25) is 0 Å². The SMILES string of the molecule is NCc1nnc(Cc2ccc(F)cc2)o1. The van der Waals surface area contributed by atoms with E-state index in [-0.39, 0.29) is 12.4 Å². The third kappa shape index (κ3) is 2.38. The summed E-state index contributed by atoms with van der Waals surface area (Å²) in [6.07, 6.45) is 0.493. The van der Waals surface area contributed by atoms with Crippen LogP contribution in [0.4, 0.5) is 4.39 Å². The van der Waals surface area contributed by atoms with Crippen molar-refractivity contribution in [3.05, 3.63) is 47.4 Å². The number of nitrogens with zero attached hydrogens (tertiary/aromatic N) is 2. The lowest BCUT2D eigenvalue weighted by atomic mass is 10.1. The van der Waals surface area contributed by atoms with Crippen molar-refractivity contribution in [1.82, 2.24) is 10.2 Å². The van der Waals surface area contributed by atoms with Gasteiger partial charge in [0.15, 0.2) is 0 Å². The molecule has 0 aliphatic carbocycles. The molecule has 0 aliphatic heterocycles. The highest BCUT2D eigenvalue weighted by atomic mass is 19.1. The third-order valence-electron chi connectivity index (χ3n) is 1.95. The normalized spacial score (nSPS) is 10.5. The van der Waals surface area contributed by atoms with Gasteiger partial charge in [-0.1, -0.05) is 12.1 Å². The Balaban J connectivity index is 2.11. The maximum absolute atomic E-state index is 12.6. The molecular weight excluding hydrogens is 197 g/mol. The lowest BCUT2D eigenvalue weighted by molar-refractivity contribution is 0.459. The topological polar surface area (TPSA) is 64.9 Å². The molecule has 2 N–H and O–H groups in total.